The fourth-order valence-electron chi connectivity index (χ4n) is 1.74. The summed E-state index contributed by atoms with van der Waals surface area (Å²) in [6.45, 7) is 2.21. The molecule has 2 rings (SSSR count). The Labute approximate surface area is 80.2 Å². The van der Waals surface area contributed by atoms with Crippen molar-refractivity contribution in [3.63, 3.8) is 0 Å². The van der Waals surface area contributed by atoms with Crippen LogP contribution in [-0.2, 0) is 6.42 Å². The third kappa shape index (κ3) is 1.85. The predicted octanol–water partition coefficient (Wildman–Crippen LogP) is 3.21. The van der Waals surface area contributed by atoms with Crippen molar-refractivity contribution in [2.75, 3.05) is 5.32 Å². The van der Waals surface area contributed by atoms with Crippen molar-refractivity contribution < 1.29 is 0 Å². The zero-order chi connectivity index (χ0) is 9.10. The molecule has 0 saturated heterocycles. The third-order valence-electron chi connectivity index (χ3n) is 2.86. The molecule has 0 unspecified atom stereocenters. The van der Waals surface area contributed by atoms with E-state index in [4.69, 9.17) is 0 Å². The number of para-hydroxylation sites is 1. The van der Waals surface area contributed by atoms with E-state index in [0.717, 1.165) is 12.5 Å². The number of aryl methyl sites for hydroxylation is 1. The summed E-state index contributed by atoms with van der Waals surface area (Å²) >= 11 is 0. The Bertz CT molecular complexity index is 276. The van der Waals surface area contributed by atoms with Crippen molar-refractivity contribution in [1.82, 2.24) is 0 Å². The Morgan fingerprint density at radius 2 is 2.08 bits per heavy atom. The van der Waals surface area contributed by atoms with Crippen LogP contribution < -0.4 is 5.32 Å². The summed E-state index contributed by atoms with van der Waals surface area (Å²) in [5.74, 6) is 0. The first kappa shape index (κ1) is 8.61. The van der Waals surface area contributed by atoms with Gasteiger partial charge in [-0.25, -0.2) is 0 Å². The van der Waals surface area contributed by atoms with E-state index in [0.29, 0.717) is 0 Å². The van der Waals surface area contributed by atoms with Crippen molar-refractivity contribution in [1.29, 1.82) is 0 Å². The molecule has 1 aromatic rings. The first-order chi connectivity index (χ1) is 6.40. The zero-order valence-corrected chi connectivity index (χ0v) is 8.22. The molecule has 1 N–H and O–H groups in total. The number of hydrogen-bond donors (Lipinski definition) is 1. The highest BCUT2D eigenvalue weighted by molar-refractivity contribution is 5.51. The Hall–Kier alpha value is -0.980. The average molecular weight is 175 g/mol. The molecule has 1 saturated carbocycles. The lowest BCUT2D eigenvalue weighted by molar-refractivity contribution is 0.445. The molecule has 0 bridgehead atoms. The van der Waals surface area contributed by atoms with Crippen molar-refractivity contribution in [3.8, 4) is 0 Å². The first-order valence-corrected chi connectivity index (χ1v) is 5.24. The molecule has 0 aromatic heterocycles. The lowest BCUT2D eigenvalue weighted by atomic mass is 9.92. The molecule has 1 nitrogen and oxygen atoms in total. The Kier molecular flexibility index (Phi) is 2.53. The molecule has 0 aliphatic heterocycles. The summed E-state index contributed by atoms with van der Waals surface area (Å²) in [4.78, 5) is 0. The smallest absolute Gasteiger partial charge is 0.0374 e. The van der Waals surface area contributed by atoms with Gasteiger partial charge in [0.05, 0.1) is 0 Å². The zero-order valence-electron chi connectivity index (χ0n) is 8.22. The van der Waals surface area contributed by atoms with Gasteiger partial charge in [0, 0.05) is 11.7 Å². The molecular formula is C12H17N. The van der Waals surface area contributed by atoms with Crippen LogP contribution in [0.4, 0.5) is 5.69 Å². The van der Waals surface area contributed by atoms with Gasteiger partial charge in [-0.15, -0.1) is 0 Å². The number of benzene rings is 1. The van der Waals surface area contributed by atoms with Crippen molar-refractivity contribution in [2.45, 2.75) is 38.6 Å². The molecule has 13 heavy (non-hydrogen) atoms. The molecule has 0 heterocycles. The van der Waals surface area contributed by atoms with Crippen LogP contribution in [-0.4, -0.2) is 6.04 Å². The Balaban J connectivity index is 2.08. The standard InChI is InChI=1S/C12H17N/c1-2-10-6-3-4-9-12(10)13-11-7-5-8-11/h3-4,6,9,11,13H,2,5,7-8H2,1H3. The van der Waals surface area contributed by atoms with Crippen LogP contribution in [0, 0.1) is 0 Å². The van der Waals surface area contributed by atoms with Crippen LogP contribution in [0.1, 0.15) is 31.7 Å². The molecule has 1 aromatic carbocycles. The SMILES string of the molecule is CCc1ccccc1NC1CCC1. The quantitative estimate of drug-likeness (QED) is 0.743. The van der Waals surface area contributed by atoms with E-state index < -0.39 is 0 Å². The van der Waals surface area contributed by atoms with Crippen molar-refractivity contribution in [3.05, 3.63) is 29.8 Å². The summed E-state index contributed by atoms with van der Waals surface area (Å²) in [7, 11) is 0. The fourth-order valence-corrected chi connectivity index (χ4v) is 1.74. The summed E-state index contributed by atoms with van der Waals surface area (Å²) in [6.07, 6.45) is 5.21. The highest BCUT2D eigenvalue weighted by Crippen LogP contribution is 2.25. The molecule has 1 heteroatoms. The first-order valence-electron chi connectivity index (χ1n) is 5.24. The monoisotopic (exact) mass is 175 g/mol. The maximum Gasteiger partial charge on any atom is 0.0374 e. The molecule has 1 aliphatic rings. The van der Waals surface area contributed by atoms with E-state index in [1.54, 1.807) is 0 Å². The van der Waals surface area contributed by atoms with Gasteiger partial charge < -0.3 is 5.32 Å². The van der Waals surface area contributed by atoms with Crippen LogP contribution in [0.25, 0.3) is 0 Å². The Morgan fingerprint density at radius 1 is 1.31 bits per heavy atom. The molecule has 70 valence electrons. The van der Waals surface area contributed by atoms with Gasteiger partial charge in [-0.2, -0.15) is 0 Å². The number of nitrogens with one attached hydrogen (secondary N) is 1. The van der Waals surface area contributed by atoms with E-state index >= 15 is 0 Å². The third-order valence-corrected chi connectivity index (χ3v) is 2.86. The summed E-state index contributed by atoms with van der Waals surface area (Å²) in [5, 5.41) is 3.60. The number of rotatable bonds is 3. The van der Waals surface area contributed by atoms with Gasteiger partial charge in [-0.1, -0.05) is 25.1 Å². The van der Waals surface area contributed by atoms with Gasteiger partial charge in [0.25, 0.3) is 0 Å². The lowest BCUT2D eigenvalue weighted by Gasteiger charge is -2.28. The Morgan fingerprint density at radius 3 is 2.69 bits per heavy atom. The topological polar surface area (TPSA) is 12.0 Å². The van der Waals surface area contributed by atoms with Gasteiger partial charge in [0.1, 0.15) is 0 Å². The maximum absolute atomic E-state index is 3.60. The highest BCUT2D eigenvalue weighted by atomic mass is 14.9. The largest absolute Gasteiger partial charge is 0.382 e. The fraction of sp³-hybridized carbons (Fsp3) is 0.500. The van der Waals surface area contributed by atoms with Gasteiger partial charge in [0.15, 0.2) is 0 Å². The van der Waals surface area contributed by atoms with Crippen LogP contribution >= 0.6 is 0 Å². The van der Waals surface area contributed by atoms with Gasteiger partial charge >= 0.3 is 0 Å². The van der Waals surface area contributed by atoms with E-state index in [1.807, 2.05) is 0 Å². The maximum atomic E-state index is 3.60. The minimum atomic E-state index is 0.743. The number of anilines is 1. The van der Waals surface area contributed by atoms with E-state index in [-0.39, 0.29) is 0 Å². The van der Waals surface area contributed by atoms with Crippen LogP contribution in [0.5, 0.6) is 0 Å². The van der Waals surface area contributed by atoms with E-state index in [2.05, 4.69) is 36.5 Å². The highest BCUT2D eigenvalue weighted by Gasteiger charge is 2.17. The normalized spacial score (nSPS) is 16.7. The van der Waals surface area contributed by atoms with Crippen LogP contribution in [0.2, 0.25) is 0 Å². The second-order valence-corrected chi connectivity index (χ2v) is 3.78. The number of hydrogen-bond acceptors (Lipinski definition) is 1. The van der Waals surface area contributed by atoms with Gasteiger partial charge in [-0.3, -0.25) is 0 Å². The van der Waals surface area contributed by atoms with Crippen LogP contribution in [0.15, 0.2) is 24.3 Å². The molecule has 0 spiro atoms. The minimum absolute atomic E-state index is 0.743. The molecule has 1 aliphatic carbocycles. The molecule has 1 fully saturated rings. The van der Waals surface area contributed by atoms with E-state index in [1.165, 1.54) is 30.5 Å². The van der Waals surface area contributed by atoms with Gasteiger partial charge in [-0.05, 0) is 37.3 Å². The lowest BCUT2D eigenvalue weighted by Crippen LogP contribution is -2.27. The van der Waals surface area contributed by atoms with Crippen LogP contribution in [0.3, 0.4) is 0 Å². The molecule has 0 radical (unpaired) electrons. The summed E-state index contributed by atoms with van der Waals surface area (Å²) < 4.78 is 0. The van der Waals surface area contributed by atoms with Crippen molar-refractivity contribution >= 4 is 5.69 Å². The second-order valence-electron chi connectivity index (χ2n) is 3.78. The second kappa shape index (κ2) is 3.82. The minimum Gasteiger partial charge on any atom is -0.382 e. The molecular weight excluding hydrogens is 158 g/mol. The predicted molar refractivity (Wildman–Crippen MR) is 57.1 cm³/mol. The van der Waals surface area contributed by atoms with Gasteiger partial charge in [0.2, 0.25) is 0 Å². The average Bonchev–Trinajstić information content (AvgIpc) is 2.12. The molecule has 0 atom stereocenters. The summed E-state index contributed by atoms with van der Waals surface area (Å²) in [6, 6.07) is 9.37. The molecule has 0 amide bonds. The van der Waals surface area contributed by atoms with Crippen molar-refractivity contribution in [2.24, 2.45) is 0 Å². The van der Waals surface area contributed by atoms with E-state index in [9.17, 15) is 0 Å². The summed E-state index contributed by atoms with van der Waals surface area (Å²) in [5.41, 5.74) is 2.78.